The van der Waals surface area contributed by atoms with Gasteiger partial charge in [-0.15, -0.1) is 0 Å². The Kier molecular flexibility index (Phi) is 6.57. The van der Waals surface area contributed by atoms with Crippen molar-refractivity contribution >= 4 is 45.9 Å². The fourth-order valence-corrected chi connectivity index (χ4v) is 6.87. The van der Waals surface area contributed by atoms with Crippen molar-refractivity contribution in [3.63, 3.8) is 0 Å². The third kappa shape index (κ3) is 4.13. The molecule has 0 fully saturated rings. The van der Waals surface area contributed by atoms with Crippen molar-refractivity contribution in [2.24, 2.45) is 0 Å². The summed E-state index contributed by atoms with van der Waals surface area (Å²) < 4.78 is 2.26. The SMILES string of the molecule is CNC1=Cc2c(nc3c(NC)c4c(c(SC(=N)N(C(=N)C5=CC=CCC5)c5ccccc5)n23)CCC4)CC1. The van der Waals surface area contributed by atoms with Gasteiger partial charge < -0.3 is 10.6 Å². The second kappa shape index (κ2) is 10.2. The van der Waals surface area contributed by atoms with E-state index in [0.717, 1.165) is 84.0 Å². The molecule has 8 heteroatoms. The molecule has 0 spiro atoms. The number of nitrogens with zero attached hydrogens (tertiary/aromatic N) is 3. The van der Waals surface area contributed by atoms with Gasteiger partial charge in [0.15, 0.2) is 10.8 Å². The van der Waals surface area contributed by atoms with Gasteiger partial charge in [-0.3, -0.25) is 20.1 Å². The Morgan fingerprint density at radius 1 is 1.00 bits per heavy atom. The second-order valence-electron chi connectivity index (χ2n) is 9.85. The van der Waals surface area contributed by atoms with Crippen LogP contribution in [-0.2, 0) is 19.3 Å². The molecule has 6 rings (SSSR count). The van der Waals surface area contributed by atoms with E-state index in [4.69, 9.17) is 10.4 Å². The maximum absolute atomic E-state index is 9.40. The number of pyridine rings is 1. The molecule has 194 valence electrons. The molecule has 2 aromatic heterocycles. The van der Waals surface area contributed by atoms with Crippen LogP contribution in [0.1, 0.15) is 48.2 Å². The van der Waals surface area contributed by atoms with Crippen molar-refractivity contribution in [2.45, 2.75) is 50.0 Å². The summed E-state index contributed by atoms with van der Waals surface area (Å²) in [5.74, 6) is 0.364. The number of benzene rings is 1. The van der Waals surface area contributed by atoms with Crippen molar-refractivity contribution in [1.29, 1.82) is 10.8 Å². The number of fused-ring (bicyclic) bond motifs is 4. The lowest BCUT2D eigenvalue weighted by atomic mass is 10.0. The zero-order valence-electron chi connectivity index (χ0n) is 21.9. The van der Waals surface area contributed by atoms with Gasteiger partial charge in [0.1, 0.15) is 5.84 Å². The molecule has 3 aliphatic carbocycles. The van der Waals surface area contributed by atoms with Gasteiger partial charge in [-0.1, -0.05) is 36.4 Å². The smallest absolute Gasteiger partial charge is 0.173 e. The highest BCUT2D eigenvalue weighted by atomic mass is 32.2. The van der Waals surface area contributed by atoms with Crippen LogP contribution < -0.4 is 15.5 Å². The number of allylic oxidation sites excluding steroid dienone is 4. The summed E-state index contributed by atoms with van der Waals surface area (Å²) in [6.45, 7) is 0. The van der Waals surface area contributed by atoms with Crippen LogP contribution in [-0.4, -0.2) is 34.5 Å². The summed E-state index contributed by atoms with van der Waals surface area (Å²) in [5, 5.41) is 26.7. The van der Waals surface area contributed by atoms with Crippen molar-refractivity contribution in [3.05, 3.63) is 82.3 Å². The van der Waals surface area contributed by atoms with Crippen LogP contribution in [0.2, 0.25) is 0 Å². The summed E-state index contributed by atoms with van der Waals surface area (Å²) in [6.07, 6.45) is 15.0. The van der Waals surface area contributed by atoms with Crippen molar-refractivity contribution in [2.75, 3.05) is 24.3 Å². The Morgan fingerprint density at radius 2 is 1.82 bits per heavy atom. The molecular formula is C30H33N7S. The highest BCUT2D eigenvalue weighted by molar-refractivity contribution is 8.14. The molecule has 3 aliphatic rings. The highest BCUT2D eigenvalue weighted by Crippen LogP contribution is 2.42. The third-order valence-corrected chi connectivity index (χ3v) is 8.66. The topological polar surface area (TPSA) is 92.3 Å². The first-order chi connectivity index (χ1) is 18.6. The average molecular weight is 524 g/mol. The maximum atomic E-state index is 9.40. The summed E-state index contributed by atoms with van der Waals surface area (Å²) >= 11 is 1.45. The Hall–Kier alpha value is -3.78. The molecule has 0 bridgehead atoms. The van der Waals surface area contributed by atoms with Gasteiger partial charge in [0, 0.05) is 25.5 Å². The van der Waals surface area contributed by atoms with E-state index in [1.807, 2.05) is 56.6 Å². The number of para-hydroxylation sites is 1. The van der Waals surface area contributed by atoms with Crippen LogP contribution in [0.15, 0.2) is 64.9 Å². The zero-order valence-corrected chi connectivity index (χ0v) is 22.7. The highest BCUT2D eigenvalue weighted by Gasteiger charge is 2.30. The molecule has 0 saturated carbocycles. The van der Waals surface area contributed by atoms with E-state index in [0.29, 0.717) is 11.0 Å². The van der Waals surface area contributed by atoms with Gasteiger partial charge in [-0.25, -0.2) is 4.98 Å². The molecule has 2 heterocycles. The minimum absolute atomic E-state index is 0.320. The number of thioether (sulfide) groups is 1. The zero-order chi connectivity index (χ0) is 26.2. The normalized spacial score (nSPS) is 15.9. The van der Waals surface area contributed by atoms with Crippen LogP contribution in [0.5, 0.6) is 0 Å². The second-order valence-corrected chi connectivity index (χ2v) is 10.8. The molecule has 7 nitrogen and oxygen atoms in total. The van der Waals surface area contributed by atoms with Gasteiger partial charge >= 0.3 is 0 Å². The number of nitrogens with one attached hydrogen (secondary N) is 4. The summed E-state index contributed by atoms with van der Waals surface area (Å²) in [4.78, 5) is 6.91. The molecule has 0 saturated heterocycles. The lowest BCUT2D eigenvalue weighted by Crippen LogP contribution is -2.35. The number of anilines is 2. The molecule has 0 amide bonds. The maximum Gasteiger partial charge on any atom is 0.173 e. The monoisotopic (exact) mass is 523 g/mol. The molecule has 1 aromatic carbocycles. The summed E-state index contributed by atoms with van der Waals surface area (Å²) in [7, 11) is 3.96. The van der Waals surface area contributed by atoms with Crippen LogP contribution in [0.3, 0.4) is 0 Å². The molecule has 38 heavy (non-hydrogen) atoms. The number of aryl methyl sites for hydroxylation is 1. The quantitative estimate of drug-likeness (QED) is 0.183. The molecular weight excluding hydrogens is 490 g/mol. The molecule has 0 aliphatic heterocycles. The summed E-state index contributed by atoms with van der Waals surface area (Å²) in [6, 6.07) is 9.87. The van der Waals surface area contributed by atoms with E-state index >= 15 is 0 Å². The van der Waals surface area contributed by atoms with Gasteiger partial charge in [0.25, 0.3) is 0 Å². The average Bonchev–Trinajstić information content (AvgIpc) is 3.59. The van der Waals surface area contributed by atoms with Crippen molar-refractivity contribution < 1.29 is 0 Å². The van der Waals surface area contributed by atoms with Gasteiger partial charge in [-0.05, 0) is 91.6 Å². The van der Waals surface area contributed by atoms with E-state index in [-0.39, 0.29) is 0 Å². The number of hydrogen-bond donors (Lipinski definition) is 4. The first-order valence-corrected chi connectivity index (χ1v) is 14.1. The fraction of sp³-hybridized carbons (Fsp3) is 0.300. The molecule has 3 aromatic rings. The predicted octanol–water partition coefficient (Wildman–Crippen LogP) is 6.16. The van der Waals surface area contributed by atoms with Crippen LogP contribution in [0.25, 0.3) is 11.7 Å². The first kappa shape index (κ1) is 24.6. The number of imidazole rings is 1. The van der Waals surface area contributed by atoms with Gasteiger partial charge in [-0.2, -0.15) is 0 Å². The summed E-state index contributed by atoms with van der Waals surface area (Å²) in [5.41, 5.74) is 9.82. The first-order valence-electron chi connectivity index (χ1n) is 13.3. The van der Waals surface area contributed by atoms with Crippen LogP contribution in [0.4, 0.5) is 11.4 Å². The number of hydrogen-bond acceptors (Lipinski definition) is 6. The lowest BCUT2D eigenvalue weighted by Gasteiger charge is -2.28. The van der Waals surface area contributed by atoms with E-state index in [1.165, 1.54) is 28.6 Å². The molecule has 0 unspecified atom stereocenters. The van der Waals surface area contributed by atoms with Crippen LogP contribution in [0, 0.1) is 10.8 Å². The van der Waals surface area contributed by atoms with E-state index in [2.05, 4.69) is 27.2 Å². The van der Waals surface area contributed by atoms with E-state index in [1.54, 1.807) is 4.90 Å². The number of amidine groups is 2. The van der Waals surface area contributed by atoms with Crippen LogP contribution >= 0.6 is 11.8 Å². The van der Waals surface area contributed by atoms with E-state index in [9.17, 15) is 5.41 Å². The fourth-order valence-electron chi connectivity index (χ4n) is 5.77. The van der Waals surface area contributed by atoms with E-state index < -0.39 is 0 Å². The van der Waals surface area contributed by atoms with Gasteiger partial charge in [0.05, 0.1) is 22.1 Å². The Balaban J connectivity index is 1.50. The lowest BCUT2D eigenvalue weighted by molar-refractivity contribution is 0.808. The number of rotatable bonds is 5. The minimum atomic E-state index is 0.320. The predicted molar refractivity (Wildman–Crippen MR) is 159 cm³/mol. The van der Waals surface area contributed by atoms with Gasteiger partial charge in [0.2, 0.25) is 0 Å². The largest absolute Gasteiger partial charge is 0.391 e. The standard InChI is InChI=1S/C30H33N7S/c1-33-20-16-17-24-25(18-20)37-28(35-24)26(34-2)22-14-9-15-23(22)29(37)38-30(32)36(21-12-7-4-8-13-21)27(31)19-10-5-3-6-11-19/h3-5,7-8,10,12-13,18,31-34H,6,9,11,14-17H2,1-2H3. The Labute approximate surface area is 227 Å². The molecule has 4 N–H and O–H groups in total. The Bertz CT molecular complexity index is 1530. The molecule has 0 atom stereocenters. The van der Waals surface area contributed by atoms with Crippen molar-refractivity contribution in [3.8, 4) is 0 Å². The Morgan fingerprint density at radius 3 is 2.55 bits per heavy atom. The minimum Gasteiger partial charge on any atom is -0.391 e. The van der Waals surface area contributed by atoms with Crippen molar-refractivity contribution in [1.82, 2.24) is 14.7 Å². The molecule has 0 radical (unpaired) electrons. The third-order valence-electron chi connectivity index (χ3n) is 7.66. The number of aromatic nitrogens is 2.